The Kier molecular flexibility index (Phi) is 5.52. The Bertz CT molecular complexity index is 1090. The van der Waals surface area contributed by atoms with Crippen LogP contribution in [0.3, 0.4) is 0 Å². The lowest BCUT2D eigenvalue weighted by atomic mass is 10.0. The molecule has 0 saturated carbocycles. The van der Waals surface area contributed by atoms with Crippen LogP contribution in [-0.4, -0.2) is 24.5 Å². The number of ether oxygens (including phenoxy) is 2. The van der Waals surface area contributed by atoms with Crippen LogP contribution in [0.15, 0.2) is 77.3 Å². The molecular formula is C25H21NO4. The minimum absolute atomic E-state index is 0.216. The number of methoxy groups -OCH3 is 2. The first-order chi connectivity index (χ1) is 14.7. The second-order valence-corrected chi connectivity index (χ2v) is 6.66. The van der Waals surface area contributed by atoms with Crippen molar-refractivity contribution in [1.82, 2.24) is 5.16 Å². The molecule has 0 fully saturated rings. The molecule has 0 spiro atoms. The Morgan fingerprint density at radius 3 is 2.03 bits per heavy atom. The Hall–Kier alpha value is -3.99. The van der Waals surface area contributed by atoms with E-state index in [1.54, 1.807) is 32.4 Å². The molecule has 0 amide bonds. The Labute approximate surface area is 174 Å². The minimum atomic E-state index is 0.216. The quantitative estimate of drug-likeness (QED) is 0.437. The minimum Gasteiger partial charge on any atom is -0.508 e. The normalized spacial score (nSPS) is 11.0. The summed E-state index contributed by atoms with van der Waals surface area (Å²) in [5, 5.41) is 14.1. The zero-order valence-electron chi connectivity index (χ0n) is 16.7. The van der Waals surface area contributed by atoms with Crippen LogP contribution in [0.5, 0.6) is 17.2 Å². The van der Waals surface area contributed by atoms with E-state index in [0.29, 0.717) is 5.76 Å². The molecule has 0 aliphatic carbocycles. The first-order valence-electron chi connectivity index (χ1n) is 9.43. The first-order valence-corrected chi connectivity index (χ1v) is 9.43. The standard InChI is InChI=1S/C25H21NO4/c1-28-21-11-7-18(8-12-21)24-23(15-6-17-4-3-5-20(27)16-17)25(30-26-24)19-9-13-22(29-2)14-10-19/h3-16,27H,1-2H3/b15-6+. The van der Waals surface area contributed by atoms with Gasteiger partial charge in [0.05, 0.1) is 19.8 Å². The van der Waals surface area contributed by atoms with E-state index in [0.717, 1.165) is 39.4 Å². The van der Waals surface area contributed by atoms with Gasteiger partial charge in [-0.3, -0.25) is 0 Å². The number of hydrogen-bond donors (Lipinski definition) is 1. The molecule has 5 nitrogen and oxygen atoms in total. The highest BCUT2D eigenvalue weighted by molar-refractivity contribution is 5.86. The average Bonchev–Trinajstić information content (AvgIpc) is 3.21. The van der Waals surface area contributed by atoms with Gasteiger partial charge in [-0.15, -0.1) is 0 Å². The van der Waals surface area contributed by atoms with E-state index in [4.69, 9.17) is 14.0 Å². The molecular weight excluding hydrogens is 378 g/mol. The zero-order valence-corrected chi connectivity index (χ0v) is 16.7. The van der Waals surface area contributed by atoms with E-state index in [2.05, 4.69) is 5.16 Å². The van der Waals surface area contributed by atoms with Gasteiger partial charge >= 0.3 is 0 Å². The molecule has 150 valence electrons. The molecule has 4 aromatic rings. The van der Waals surface area contributed by atoms with Gasteiger partial charge in [-0.1, -0.05) is 23.4 Å². The lowest BCUT2D eigenvalue weighted by molar-refractivity contribution is 0.414. The van der Waals surface area contributed by atoms with E-state index in [1.807, 2.05) is 66.7 Å². The number of phenolic OH excluding ortho intramolecular Hbond substituents is 1. The second-order valence-electron chi connectivity index (χ2n) is 6.66. The summed E-state index contributed by atoms with van der Waals surface area (Å²) in [5.74, 6) is 2.41. The van der Waals surface area contributed by atoms with E-state index in [-0.39, 0.29) is 5.75 Å². The highest BCUT2D eigenvalue weighted by atomic mass is 16.5. The molecule has 3 aromatic carbocycles. The van der Waals surface area contributed by atoms with Crippen LogP contribution in [0.4, 0.5) is 0 Å². The number of benzene rings is 3. The largest absolute Gasteiger partial charge is 0.508 e. The molecule has 0 bridgehead atoms. The van der Waals surface area contributed by atoms with Crippen LogP contribution in [-0.2, 0) is 0 Å². The van der Waals surface area contributed by atoms with Crippen LogP contribution < -0.4 is 9.47 Å². The van der Waals surface area contributed by atoms with Crippen LogP contribution in [0, 0.1) is 0 Å². The number of nitrogens with zero attached hydrogens (tertiary/aromatic N) is 1. The average molecular weight is 399 g/mol. The third-order valence-corrected chi connectivity index (χ3v) is 4.76. The van der Waals surface area contributed by atoms with E-state index >= 15 is 0 Å². The van der Waals surface area contributed by atoms with E-state index < -0.39 is 0 Å². The zero-order chi connectivity index (χ0) is 20.9. The molecule has 0 aliphatic heterocycles. The summed E-state index contributed by atoms with van der Waals surface area (Å²) < 4.78 is 16.3. The molecule has 0 unspecified atom stereocenters. The van der Waals surface area contributed by atoms with Crippen LogP contribution >= 0.6 is 0 Å². The lowest BCUT2D eigenvalue weighted by Crippen LogP contribution is -1.86. The molecule has 0 atom stereocenters. The molecule has 4 rings (SSSR count). The second kappa shape index (κ2) is 8.57. The van der Waals surface area contributed by atoms with Crippen molar-refractivity contribution in [2.75, 3.05) is 14.2 Å². The molecule has 5 heteroatoms. The fourth-order valence-electron chi connectivity index (χ4n) is 3.17. The van der Waals surface area contributed by atoms with Gasteiger partial charge in [0.15, 0.2) is 5.76 Å². The summed E-state index contributed by atoms with van der Waals surface area (Å²) in [4.78, 5) is 0. The Morgan fingerprint density at radius 2 is 1.43 bits per heavy atom. The fourth-order valence-corrected chi connectivity index (χ4v) is 3.17. The monoisotopic (exact) mass is 399 g/mol. The first kappa shape index (κ1) is 19.3. The van der Waals surface area contributed by atoms with Crippen molar-refractivity contribution in [1.29, 1.82) is 0 Å². The third-order valence-electron chi connectivity index (χ3n) is 4.76. The van der Waals surface area contributed by atoms with Crippen molar-refractivity contribution in [3.63, 3.8) is 0 Å². The molecule has 1 heterocycles. The maximum absolute atomic E-state index is 9.75. The molecule has 1 aromatic heterocycles. The summed E-state index contributed by atoms with van der Waals surface area (Å²) in [7, 11) is 3.27. The van der Waals surface area contributed by atoms with Gasteiger partial charge in [0, 0.05) is 11.1 Å². The van der Waals surface area contributed by atoms with Gasteiger partial charge in [0.1, 0.15) is 22.9 Å². The van der Waals surface area contributed by atoms with Crippen molar-refractivity contribution in [2.45, 2.75) is 0 Å². The summed E-state index contributed by atoms with van der Waals surface area (Å²) in [6, 6.07) is 22.4. The topological polar surface area (TPSA) is 64.7 Å². The number of phenols is 1. The van der Waals surface area contributed by atoms with Crippen molar-refractivity contribution < 1.29 is 19.1 Å². The predicted molar refractivity (Wildman–Crippen MR) is 118 cm³/mol. The van der Waals surface area contributed by atoms with Gasteiger partial charge in [0.25, 0.3) is 0 Å². The van der Waals surface area contributed by atoms with Gasteiger partial charge in [0.2, 0.25) is 0 Å². The van der Waals surface area contributed by atoms with Gasteiger partial charge in [-0.05, 0) is 72.3 Å². The van der Waals surface area contributed by atoms with Gasteiger partial charge in [-0.25, -0.2) is 0 Å². The third kappa shape index (κ3) is 4.05. The SMILES string of the molecule is COc1ccc(-c2noc(-c3ccc(OC)cc3)c2/C=C/c2cccc(O)c2)cc1. The highest BCUT2D eigenvalue weighted by Crippen LogP contribution is 2.35. The van der Waals surface area contributed by atoms with Crippen LogP contribution in [0.1, 0.15) is 11.1 Å². The van der Waals surface area contributed by atoms with Gasteiger partial charge < -0.3 is 19.1 Å². The number of aromatic nitrogens is 1. The molecule has 1 N–H and O–H groups in total. The van der Waals surface area contributed by atoms with Crippen LogP contribution in [0.25, 0.3) is 34.7 Å². The molecule has 0 radical (unpaired) electrons. The fraction of sp³-hybridized carbons (Fsp3) is 0.0800. The van der Waals surface area contributed by atoms with Crippen LogP contribution in [0.2, 0.25) is 0 Å². The van der Waals surface area contributed by atoms with Gasteiger partial charge in [-0.2, -0.15) is 0 Å². The predicted octanol–water partition coefficient (Wildman–Crippen LogP) is 5.90. The van der Waals surface area contributed by atoms with E-state index in [1.165, 1.54) is 0 Å². The molecule has 0 aliphatic rings. The van der Waals surface area contributed by atoms with Crippen molar-refractivity contribution >= 4 is 12.2 Å². The maximum atomic E-state index is 9.75. The van der Waals surface area contributed by atoms with Crippen molar-refractivity contribution in [3.05, 3.63) is 83.9 Å². The van der Waals surface area contributed by atoms with Crippen molar-refractivity contribution in [2.24, 2.45) is 0 Å². The summed E-state index contributed by atoms with van der Waals surface area (Å²) in [5.41, 5.74) is 4.24. The van der Waals surface area contributed by atoms with Crippen molar-refractivity contribution in [3.8, 4) is 39.8 Å². The summed E-state index contributed by atoms with van der Waals surface area (Å²) >= 11 is 0. The maximum Gasteiger partial charge on any atom is 0.174 e. The summed E-state index contributed by atoms with van der Waals surface area (Å²) in [6.45, 7) is 0. The number of aromatic hydroxyl groups is 1. The smallest absolute Gasteiger partial charge is 0.174 e. The summed E-state index contributed by atoms with van der Waals surface area (Å²) in [6.07, 6.45) is 3.87. The highest BCUT2D eigenvalue weighted by Gasteiger charge is 2.17. The lowest BCUT2D eigenvalue weighted by Gasteiger charge is -2.04. The number of rotatable bonds is 6. The Morgan fingerprint density at radius 1 is 0.800 bits per heavy atom. The van der Waals surface area contributed by atoms with E-state index in [9.17, 15) is 5.11 Å². The molecule has 30 heavy (non-hydrogen) atoms. The Balaban J connectivity index is 1.80. The number of hydrogen-bond acceptors (Lipinski definition) is 5. The molecule has 0 saturated heterocycles.